The molecule has 0 saturated carbocycles. The van der Waals surface area contributed by atoms with Crippen LogP contribution in [0.15, 0.2) is 54.1 Å². The van der Waals surface area contributed by atoms with Crippen LogP contribution < -0.4 is 5.32 Å². The number of carbonyl (C=O) groups is 2. The summed E-state index contributed by atoms with van der Waals surface area (Å²) >= 11 is 5.84. The normalized spacial score (nSPS) is 12.0. The number of halogens is 1. The van der Waals surface area contributed by atoms with Gasteiger partial charge in [0.25, 0.3) is 5.91 Å². The highest BCUT2D eigenvalue weighted by Gasteiger charge is 2.15. The maximum Gasteiger partial charge on any atom is 0.349 e. The molecule has 0 spiro atoms. The highest BCUT2D eigenvalue weighted by atomic mass is 35.5. The first-order chi connectivity index (χ1) is 12.9. The largest absolute Gasteiger partial charge is 0.451 e. The third-order valence-electron chi connectivity index (χ3n) is 3.81. The second-order valence-corrected chi connectivity index (χ2v) is 6.43. The topological polar surface area (TPSA) is 79.2 Å². The fourth-order valence-corrected chi connectivity index (χ4v) is 2.42. The lowest BCUT2D eigenvalue weighted by Crippen LogP contribution is -2.31. The van der Waals surface area contributed by atoms with Gasteiger partial charge in [-0.05, 0) is 43.2 Å². The molecule has 2 aromatic carbocycles. The van der Waals surface area contributed by atoms with Gasteiger partial charge in [0.15, 0.2) is 6.61 Å². The Morgan fingerprint density at radius 3 is 2.41 bits per heavy atom. The van der Waals surface area contributed by atoms with Crippen LogP contribution in [-0.4, -0.2) is 18.5 Å². The molecule has 0 aliphatic carbocycles. The van der Waals surface area contributed by atoms with Crippen molar-refractivity contribution in [3.63, 3.8) is 0 Å². The number of benzene rings is 2. The van der Waals surface area contributed by atoms with Gasteiger partial charge in [-0.1, -0.05) is 53.6 Å². The Kier molecular flexibility index (Phi) is 7.16. The number of nitrogens with zero attached hydrogens (tertiary/aromatic N) is 1. The van der Waals surface area contributed by atoms with Crippen LogP contribution in [0.2, 0.25) is 5.02 Å². The summed E-state index contributed by atoms with van der Waals surface area (Å²) in [6.45, 7) is 3.28. The standard InChI is InChI=1S/C21H19ClN2O3/c1-14-3-5-16(6-4-14)11-18(12-23)21(26)27-13-20(25)24-15(2)17-7-9-19(22)10-8-17/h3-11,15H,13H2,1-2H3,(H,24,25)/b18-11+/t15-/m1/s1. The van der Waals surface area contributed by atoms with Crippen molar-refractivity contribution in [3.05, 3.63) is 75.8 Å². The van der Waals surface area contributed by atoms with Crippen molar-refractivity contribution < 1.29 is 14.3 Å². The molecule has 5 nitrogen and oxygen atoms in total. The van der Waals surface area contributed by atoms with Crippen molar-refractivity contribution in [1.29, 1.82) is 5.26 Å². The second kappa shape index (κ2) is 9.56. The zero-order chi connectivity index (χ0) is 19.8. The molecule has 2 aromatic rings. The molecular formula is C21H19ClN2O3. The Balaban J connectivity index is 1.91. The van der Waals surface area contributed by atoms with Gasteiger partial charge in [0.1, 0.15) is 11.6 Å². The number of hydrogen-bond donors (Lipinski definition) is 1. The molecule has 27 heavy (non-hydrogen) atoms. The van der Waals surface area contributed by atoms with E-state index in [1.807, 2.05) is 19.1 Å². The van der Waals surface area contributed by atoms with Crippen LogP contribution in [0.3, 0.4) is 0 Å². The predicted molar refractivity (Wildman–Crippen MR) is 104 cm³/mol. The highest BCUT2D eigenvalue weighted by molar-refractivity contribution is 6.30. The summed E-state index contributed by atoms with van der Waals surface area (Å²) < 4.78 is 4.95. The zero-order valence-corrected chi connectivity index (χ0v) is 15.8. The van der Waals surface area contributed by atoms with E-state index in [-0.39, 0.29) is 11.6 Å². The number of carbonyl (C=O) groups excluding carboxylic acids is 2. The van der Waals surface area contributed by atoms with E-state index in [2.05, 4.69) is 5.32 Å². The zero-order valence-electron chi connectivity index (χ0n) is 15.0. The van der Waals surface area contributed by atoms with E-state index in [0.29, 0.717) is 10.6 Å². The van der Waals surface area contributed by atoms with Gasteiger partial charge in [0.05, 0.1) is 6.04 Å². The third kappa shape index (κ3) is 6.28. The summed E-state index contributed by atoms with van der Waals surface area (Å²) in [6, 6.07) is 15.9. The van der Waals surface area contributed by atoms with Gasteiger partial charge in [-0.15, -0.1) is 0 Å². The average Bonchev–Trinajstić information content (AvgIpc) is 2.66. The van der Waals surface area contributed by atoms with Crippen molar-refractivity contribution in [2.75, 3.05) is 6.61 Å². The Labute approximate surface area is 163 Å². The summed E-state index contributed by atoms with van der Waals surface area (Å²) in [5.74, 6) is -1.30. The summed E-state index contributed by atoms with van der Waals surface area (Å²) in [5.41, 5.74) is 2.48. The Morgan fingerprint density at radius 1 is 1.19 bits per heavy atom. The average molecular weight is 383 g/mol. The van der Waals surface area contributed by atoms with Crippen LogP contribution in [0.1, 0.15) is 29.7 Å². The lowest BCUT2D eigenvalue weighted by Gasteiger charge is -2.14. The van der Waals surface area contributed by atoms with Crippen molar-refractivity contribution in [2.24, 2.45) is 0 Å². The van der Waals surface area contributed by atoms with E-state index in [1.54, 1.807) is 49.4 Å². The number of ether oxygens (including phenoxy) is 1. The molecule has 0 saturated heterocycles. The molecule has 1 N–H and O–H groups in total. The molecule has 0 unspecified atom stereocenters. The summed E-state index contributed by atoms with van der Waals surface area (Å²) in [5, 5.41) is 12.5. The minimum atomic E-state index is -0.840. The van der Waals surface area contributed by atoms with Crippen molar-refractivity contribution in [2.45, 2.75) is 19.9 Å². The number of esters is 1. The maximum atomic E-state index is 12.0. The number of amides is 1. The molecule has 0 bridgehead atoms. The predicted octanol–water partition coefficient (Wildman–Crippen LogP) is 3.98. The number of aryl methyl sites for hydroxylation is 1. The lowest BCUT2D eigenvalue weighted by atomic mass is 10.1. The minimum Gasteiger partial charge on any atom is -0.451 e. The maximum absolute atomic E-state index is 12.0. The smallest absolute Gasteiger partial charge is 0.349 e. The fourth-order valence-electron chi connectivity index (χ4n) is 2.29. The Hall–Kier alpha value is -3.10. The van der Waals surface area contributed by atoms with Crippen LogP contribution in [0.5, 0.6) is 0 Å². The SMILES string of the molecule is Cc1ccc(/C=C(\C#N)C(=O)OCC(=O)N[C@H](C)c2ccc(Cl)cc2)cc1. The van der Waals surface area contributed by atoms with E-state index >= 15 is 0 Å². The van der Waals surface area contributed by atoms with Gasteiger partial charge in [-0.2, -0.15) is 5.26 Å². The van der Waals surface area contributed by atoms with Gasteiger partial charge in [-0.3, -0.25) is 4.79 Å². The van der Waals surface area contributed by atoms with E-state index in [0.717, 1.165) is 11.1 Å². The molecule has 6 heteroatoms. The quantitative estimate of drug-likeness (QED) is 0.465. The first-order valence-corrected chi connectivity index (χ1v) is 8.67. The fraction of sp³-hybridized carbons (Fsp3) is 0.190. The first-order valence-electron chi connectivity index (χ1n) is 8.29. The minimum absolute atomic E-state index is 0.169. The van der Waals surface area contributed by atoms with E-state index in [9.17, 15) is 9.59 Å². The molecule has 0 aliphatic rings. The van der Waals surface area contributed by atoms with E-state index in [1.165, 1.54) is 6.08 Å². The van der Waals surface area contributed by atoms with Gasteiger partial charge < -0.3 is 10.1 Å². The summed E-state index contributed by atoms with van der Waals surface area (Å²) in [4.78, 5) is 24.0. The number of nitriles is 1. The molecule has 0 radical (unpaired) electrons. The van der Waals surface area contributed by atoms with E-state index in [4.69, 9.17) is 21.6 Å². The molecule has 138 valence electrons. The molecule has 0 fully saturated rings. The summed E-state index contributed by atoms with van der Waals surface area (Å²) in [6.07, 6.45) is 1.43. The van der Waals surface area contributed by atoms with Gasteiger partial charge in [-0.25, -0.2) is 4.79 Å². The van der Waals surface area contributed by atoms with Crippen LogP contribution in [-0.2, 0) is 14.3 Å². The molecule has 1 amide bonds. The number of rotatable bonds is 6. The second-order valence-electron chi connectivity index (χ2n) is 6.00. The summed E-state index contributed by atoms with van der Waals surface area (Å²) in [7, 11) is 0. The van der Waals surface area contributed by atoms with Crippen LogP contribution >= 0.6 is 11.6 Å². The monoisotopic (exact) mass is 382 g/mol. The van der Waals surface area contributed by atoms with Crippen molar-refractivity contribution in [1.82, 2.24) is 5.32 Å². The van der Waals surface area contributed by atoms with Gasteiger partial charge >= 0.3 is 5.97 Å². The van der Waals surface area contributed by atoms with E-state index < -0.39 is 18.5 Å². The molecule has 0 aliphatic heterocycles. The van der Waals surface area contributed by atoms with Crippen LogP contribution in [0, 0.1) is 18.3 Å². The molecular weight excluding hydrogens is 364 g/mol. The first kappa shape index (κ1) is 20.2. The van der Waals surface area contributed by atoms with Gasteiger partial charge in [0, 0.05) is 5.02 Å². The number of nitrogens with one attached hydrogen (secondary N) is 1. The Bertz CT molecular complexity index is 881. The van der Waals surface area contributed by atoms with Crippen LogP contribution in [0.25, 0.3) is 6.08 Å². The van der Waals surface area contributed by atoms with Crippen LogP contribution in [0.4, 0.5) is 0 Å². The molecule has 1 atom stereocenters. The molecule has 0 heterocycles. The number of hydrogen-bond acceptors (Lipinski definition) is 4. The van der Waals surface area contributed by atoms with Crippen molar-refractivity contribution in [3.8, 4) is 6.07 Å². The molecule has 2 rings (SSSR count). The van der Waals surface area contributed by atoms with Crippen molar-refractivity contribution >= 4 is 29.6 Å². The third-order valence-corrected chi connectivity index (χ3v) is 4.06. The lowest BCUT2D eigenvalue weighted by molar-refractivity contribution is -0.144. The highest BCUT2D eigenvalue weighted by Crippen LogP contribution is 2.16. The van der Waals surface area contributed by atoms with Gasteiger partial charge in [0.2, 0.25) is 0 Å². The Morgan fingerprint density at radius 2 is 1.81 bits per heavy atom. The molecule has 0 aromatic heterocycles.